The van der Waals surface area contributed by atoms with Gasteiger partial charge in [-0.1, -0.05) is 17.7 Å². The molecular formula is C17H20N2O5S. The molecule has 0 aliphatic rings. The number of rotatable bonds is 5. The molecule has 25 heavy (non-hydrogen) atoms. The fourth-order valence-corrected chi connectivity index (χ4v) is 3.44. The van der Waals surface area contributed by atoms with E-state index in [9.17, 15) is 18.0 Å². The van der Waals surface area contributed by atoms with Gasteiger partial charge in [0.25, 0.3) is 5.91 Å². The molecule has 1 heterocycles. The van der Waals surface area contributed by atoms with E-state index in [4.69, 9.17) is 4.42 Å². The molecule has 0 saturated carbocycles. The van der Waals surface area contributed by atoms with E-state index < -0.39 is 21.7 Å². The number of amides is 2. The summed E-state index contributed by atoms with van der Waals surface area (Å²) in [5, 5.41) is 0. The fourth-order valence-electron chi connectivity index (χ4n) is 2.20. The Hall–Kier alpha value is -2.61. The summed E-state index contributed by atoms with van der Waals surface area (Å²) in [6.07, 6.45) is -0.264. The molecule has 0 aliphatic carbocycles. The number of furan rings is 1. The molecule has 1 aromatic carbocycles. The van der Waals surface area contributed by atoms with Crippen molar-refractivity contribution in [2.75, 3.05) is 5.75 Å². The van der Waals surface area contributed by atoms with E-state index in [1.807, 2.05) is 6.92 Å². The number of benzene rings is 1. The van der Waals surface area contributed by atoms with Crippen LogP contribution in [-0.4, -0.2) is 26.0 Å². The Labute approximate surface area is 146 Å². The quantitative estimate of drug-likeness (QED) is 0.788. The van der Waals surface area contributed by atoms with Crippen LogP contribution in [0.2, 0.25) is 0 Å². The third-order valence-electron chi connectivity index (χ3n) is 3.58. The van der Waals surface area contributed by atoms with Crippen molar-refractivity contribution in [3.63, 3.8) is 0 Å². The standard InChI is InChI=1S/C17H20N2O5S/c1-11-4-6-14(7-5-11)25(22,23)9-8-16(20)18-19-17(21)15-10-12(2)24-13(15)3/h4-7,10H,8-9H2,1-3H3,(H,18,20)(H,19,21). The van der Waals surface area contributed by atoms with Crippen molar-refractivity contribution in [1.29, 1.82) is 0 Å². The molecule has 8 heteroatoms. The molecule has 0 bridgehead atoms. The van der Waals surface area contributed by atoms with Crippen molar-refractivity contribution < 1.29 is 22.4 Å². The zero-order valence-electron chi connectivity index (χ0n) is 14.3. The summed E-state index contributed by atoms with van der Waals surface area (Å²) in [5.74, 6) is -0.447. The lowest BCUT2D eigenvalue weighted by Crippen LogP contribution is -2.42. The number of hydrogen-bond acceptors (Lipinski definition) is 5. The van der Waals surface area contributed by atoms with E-state index in [1.165, 1.54) is 12.1 Å². The molecule has 0 aliphatic heterocycles. The van der Waals surface area contributed by atoms with Gasteiger partial charge in [0, 0.05) is 6.42 Å². The van der Waals surface area contributed by atoms with Crippen LogP contribution in [0.25, 0.3) is 0 Å². The monoisotopic (exact) mass is 364 g/mol. The van der Waals surface area contributed by atoms with E-state index in [-0.39, 0.29) is 17.1 Å². The average Bonchev–Trinajstić information content (AvgIpc) is 2.89. The van der Waals surface area contributed by atoms with Gasteiger partial charge in [-0.05, 0) is 39.0 Å². The smallest absolute Gasteiger partial charge is 0.273 e. The van der Waals surface area contributed by atoms with Crippen LogP contribution in [0.1, 0.15) is 33.9 Å². The highest BCUT2D eigenvalue weighted by molar-refractivity contribution is 7.91. The van der Waals surface area contributed by atoms with E-state index in [0.29, 0.717) is 17.1 Å². The predicted octanol–water partition coefficient (Wildman–Crippen LogP) is 1.83. The second kappa shape index (κ2) is 7.52. The average molecular weight is 364 g/mol. The first-order valence-corrected chi connectivity index (χ1v) is 9.30. The van der Waals surface area contributed by atoms with Crippen LogP contribution in [0.15, 0.2) is 39.6 Å². The Morgan fingerprint density at radius 1 is 1.04 bits per heavy atom. The highest BCUT2D eigenvalue weighted by Gasteiger charge is 2.18. The van der Waals surface area contributed by atoms with Crippen molar-refractivity contribution in [2.45, 2.75) is 32.1 Å². The molecular weight excluding hydrogens is 344 g/mol. The van der Waals surface area contributed by atoms with Crippen molar-refractivity contribution in [2.24, 2.45) is 0 Å². The van der Waals surface area contributed by atoms with Gasteiger partial charge in [0.2, 0.25) is 5.91 Å². The summed E-state index contributed by atoms with van der Waals surface area (Å²) in [7, 11) is -3.55. The maximum absolute atomic E-state index is 12.2. The second-order valence-corrected chi connectivity index (χ2v) is 7.82. The third kappa shape index (κ3) is 4.93. The first-order valence-electron chi connectivity index (χ1n) is 7.64. The van der Waals surface area contributed by atoms with Crippen molar-refractivity contribution >= 4 is 21.7 Å². The molecule has 2 aromatic rings. The van der Waals surface area contributed by atoms with Crippen molar-refractivity contribution in [3.8, 4) is 0 Å². The lowest BCUT2D eigenvalue weighted by molar-refractivity contribution is -0.121. The van der Waals surface area contributed by atoms with Crippen LogP contribution in [0.3, 0.4) is 0 Å². The summed E-state index contributed by atoms with van der Waals surface area (Å²) in [5.41, 5.74) is 5.71. The van der Waals surface area contributed by atoms with Gasteiger partial charge in [0.1, 0.15) is 11.5 Å². The van der Waals surface area contributed by atoms with Gasteiger partial charge in [0.05, 0.1) is 16.2 Å². The summed E-state index contributed by atoms with van der Waals surface area (Å²) >= 11 is 0. The van der Waals surface area contributed by atoms with Crippen LogP contribution in [0.5, 0.6) is 0 Å². The molecule has 0 spiro atoms. The Balaban J connectivity index is 1.87. The topological polar surface area (TPSA) is 105 Å². The molecule has 2 N–H and O–H groups in total. The van der Waals surface area contributed by atoms with E-state index in [1.54, 1.807) is 32.0 Å². The van der Waals surface area contributed by atoms with Crippen LogP contribution >= 0.6 is 0 Å². The minimum Gasteiger partial charge on any atom is -0.466 e. The minimum absolute atomic E-state index is 0.166. The zero-order valence-corrected chi connectivity index (χ0v) is 15.1. The van der Waals surface area contributed by atoms with Crippen LogP contribution < -0.4 is 10.9 Å². The SMILES string of the molecule is Cc1ccc(S(=O)(=O)CCC(=O)NNC(=O)c2cc(C)oc2C)cc1. The van der Waals surface area contributed by atoms with E-state index >= 15 is 0 Å². The van der Waals surface area contributed by atoms with Gasteiger partial charge < -0.3 is 4.42 Å². The number of sulfone groups is 1. The zero-order chi connectivity index (χ0) is 18.6. The number of carbonyl (C=O) groups is 2. The summed E-state index contributed by atoms with van der Waals surface area (Å²) in [6.45, 7) is 5.20. The largest absolute Gasteiger partial charge is 0.466 e. The Bertz CT molecular complexity index is 882. The lowest BCUT2D eigenvalue weighted by Gasteiger charge is -2.08. The lowest BCUT2D eigenvalue weighted by atomic mass is 10.2. The maximum Gasteiger partial charge on any atom is 0.273 e. The van der Waals surface area contributed by atoms with Gasteiger partial charge in [-0.2, -0.15) is 0 Å². The normalized spacial score (nSPS) is 11.2. The number of nitrogens with one attached hydrogen (secondary N) is 2. The highest BCUT2D eigenvalue weighted by atomic mass is 32.2. The summed E-state index contributed by atoms with van der Waals surface area (Å²) < 4.78 is 29.6. The molecule has 0 radical (unpaired) electrons. The number of hydrazine groups is 1. The molecule has 0 unspecified atom stereocenters. The second-order valence-electron chi connectivity index (χ2n) is 5.71. The molecule has 2 rings (SSSR count). The Kier molecular flexibility index (Phi) is 5.63. The molecule has 2 amide bonds. The number of carbonyl (C=O) groups excluding carboxylic acids is 2. The molecule has 134 valence electrons. The van der Waals surface area contributed by atoms with Crippen molar-refractivity contribution in [3.05, 3.63) is 53.0 Å². The van der Waals surface area contributed by atoms with Gasteiger partial charge in [-0.15, -0.1) is 0 Å². The third-order valence-corrected chi connectivity index (χ3v) is 5.31. The van der Waals surface area contributed by atoms with Crippen molar-refractivity contribution in [1.82, 2.24) is 10.9 Å². The van der Waals surface area contributed by atoms with Gasteiger partial charge in [-0.3, -0.25) is 20.4 Å². The fraction of sp³-hybridized carbons (Fsp3) is 0.294. The molecule has 0 fully saturated rings. The minimum atomic E-state index is -3.55. The maximum atomic E-state index is 12.2. The molecule has 0 saturated heterocycles. The summed E-state index contributed by atoms with van der Waals surface area (Å²) in [4.78, 5) is 23.9. The molecule has 1 aromatic heterocycles. The van der Waals surface area contributed by atoms with E-state index in [2.05, 4.69) is 10.9 Å². The van der Waals surface area contributed by atoms with Gasteiger partial charge in [-0.25, -0.2) is 8.42 Å². The van der Waals surface area contributed by atoms with Crippen LogP contribution in [-0.2, 0) is 14.6 Å². The predicted molar refractivity (Wildman–Crippen MR) is 91.6 cm³/mol. The molecule has 7 nitrogen and oxygen atoms in total. The first kappa shape index (κ1) is 18.7. The number of hydrogen-bond donors (Lipinski definition) is 2. The van der Waals surface area contributed by atoms with E-state index in [0.717, 1.165) is 5.56 Å². The summed E-state index contributed by atoms with van der Waals surface area (Å²) in [6, 6.07) is 7.96. The highest BCUT2D eigenvalue weighted by Crippen LogP contribution is 2.14. The van der Waals surface area contributed by atoms with Gasteiger partial charge >= 0.3 is 0 Å². The Morgan fingerprint density at radius 2 is 1.68 bits per heavy atom. The number of aryl methyl sites for hydroxylation is 3. The van der Waals surface area contributed by atoms with Gasteiger partial charge in [0.15, 0.2) is 9.84 Å². The first-order chi connectivity index (χ1) is 11.7. The molecule has 0 atom stereocenters. The van der Waals surface area contributed by atoms with Crippen LogP contribution in [0, 0.1) is 20.8 Å². The Morgan fingerprint density at radius 3 is 2.24 bits per heavy atom. The van der Waals surface area contributed by atoms with Crippen LogP contribution in [0.4, 0.5) is 0 Å².